The number of rotatable bonds is 2. The van der Waals surface area contributed by atoms with Gasteiger partial charge in [-0.2, -0.15) is 11.3 Å². The van der Waals surface area contributed by atoms with E-state index < -0.39 is 5.60 Å². The summed E-state index contributed by atoms with van der Waals surface area (Å²) in [4.78, 5) is 0. The minimum absolute atomic E-state index is 0.556. The van der Waals surface area contributed by atoms with Crippen molar-refractivity contribution in [3.8, 4) is 0 Å². The van der Waals surface area contributed by atoms with E-state index in [4.69, 9.17) is 0 Å². The Morgan fingerprint density at radius 3 is 2.93 bits per heavy atom. The van der Waals surface area contributed by atoms with E-state index in [1.165, 1.54) is 6.42 Å². The predicted molar refractivity (Wildman–Crippen MR) is 63.5 cm³/mol. The van der Waals surface area contributed by atoms with Gasteiger partial charge in [0.25, 0.3) is 0 Å². The molecule has 78 valence electrons. The van der Waals surface area contributed by atoms with Crippen LogP contribution >= 0.6 is 27.3 Å². The second kappa shape index (κ2) is 3.95. The van der Waals surface area contributed by atoms with E-state index in [1.807, 2.05) is 5.38 Å². The third kappa shape index (κ3) is 1.77. The molecule has 0 bridgehead atoms. The number of hydrogen-bond acceptors (Lipinski definition) is 2. The Kier molecular flexibility index (Phi) is 3.01. The maximum absolute atomic E-state index is 10.5. The molecule has 0 aliphatic heterocycles. The summed E-state index contributed by atoms with van der Waals surface area (Å²) in [7, 11) is 0. The van der Waals surface area contributed by atoms with Gasteiger partial charge in [-0.25, -0.2) is 0 Å². The van der Waals surface area contributed by atoms with E-state index in [2.05, 4.69) is 28.2 Å². The lowest BCUT2D eigenvalue weighted by molar-refractivity contribution is 0.0395. The summed E-state index contributed by atoms with van der Waals surface area (Å²) >= 11 is 5.16. The average Bonchev–Trinajstić information content (AvgIpc) is 2.73. The lowest BCUT2D eigenvalue weighted by Gasteiger charge is -2.22. The van der Waals surface area contributed by atoms with E-state index in [9.17, 15) is 5.11 Å². The molecule has 1 fully saturated rings. The third-order valence-electron chi connectivity index (χ3n) is 3.29. The van der Waals surface area contributed by atoms with Crippen molar-refractivity contribution in [3.63, 3.8) is 0 Å². The molecule has 1 heterocycles. The minimum Gasteiger partial charge on any atom is -0.385 e. The van der Waals surface area contributed by atoms with Crippen LogP contribution in [0.4, 0.5) is 0 Å². The van der Waals surface area contributed by atoms with Gasteiger partial charge in [-0.3, -0.25) is 0 Å². The SMILES string of the molecule is CCC1CCC(O)(c2cscc2Br)C1. The van der Waals surface area contributed by atoms with E-state index in [0.717, 1.165) is 29.3 Å². The molecule has 2 rings (SSSR count). The highest BCUT2D eigenvalue weighted by atomic mass is 79.9. The Morgan fingerprint density at radius 1 is 1.64 bits per heavy atom. The lowest BCUT2D eigenvalue weighted by Crippen LogP contribution is -2.21. The van der Waals surface area contributed by atoms with Crippen molar-refractivity contribution in [1.29, 1.82) is 0 Å². The van der Waals surface area contributed by atoms with Gasteiger partial charge in [0.15, 0.2) is 0 Å². The summed E-state index contributed by atoms with van der Waals surface area (Å²) in [6, 6.07) is 0. The molecule has 2 unspecified atom stereocenters. The predicted octanol–water partition coefficient (Wildman–Crippen LogP) is 3.91. The monoisotopic (exact) mass is 274 g/mol. The first-order chi connectivity index (χ1) is 6.65. The summed E-state index contributed by atoms with van der Waals surface area (Å²) in [5.74, 6) is 0.701. The van der Waals surface area contributed by atoms with Gasteiger partial charge in [0.2, 0.25) is 0 Å². The van der Waals surface area contributed by atoms with E-state index in [0.29, 0.717) is 5.92 Å². The van der Waals surface area contributed by atoms with E-state index in [1.54, 1.807) is 11.3 Å². The molecule has 1 aliphatic rings. The van der Waals surface area contributed by atoms with Gasteiger partial charge in [0.05, 0.1) is 5.60 Å². The molecule has 0 amide bonds. The number of halogens is 1. The van der Waals surface area contributed by atoms with Gasteiger partial charge in [-0.05, 0) is 46.5 Å². The van der Waals surface area contributed by atoms with Crippen LogP contribution in [-0.2, 0) is 5.60 Å². The molecule has 1 N–H and O–H groups in total. The summed E-state index contributed by atoms with van der Waals surface area (Å²) in [5, 5.41) is 14.6. The maximum Gasteiger partial charge on any atom is 0.0918 e. The van der Waals surface area contributed by atoms with Gasteiger partial charge >= 0.3 is 0 Å². The van der Waals surface area contributed by atoms with E-state index >= 15 is 0 Å². The van der Waals surface area contributed by atoms with Crippen molar-refractivity contribution >= 4 is 27.3 Å². The van der Waals surface area contributed by atoms with Gasteiger partial charge in [-0.15, -0.1) is 0 Å². The Bertz CT molecular complexity index is 323. The fourth-order valence-electron chi connectivity index (χ4n) is 2.33. The molecule has 0 radical (unpaired) electrons. The fraction of sp³-hybridized carbons (Fsp3) is 0.636. The highest BCUT2D eigenvalue weighted by Crippen LogP contribution is 2.46. The summed E-state index contributed by atoms with van der Waals surface area (Å²) in [6.45, 7) is 2.21. The second-order valence-corrected chi connectivity index (χ2v) is 5.78. The number of hydrogen-bond donors (Lipinski definition) is 1. The zero-order chi connectivity index (χ0) is 10.2. The van der Waals surface area contributed by atoms with Crippen molar-refractivity contribution in [2.45, 2.75) is 38.2 Å². The van der Waals surface area contributed by atoms with Crippen LogP contribution in [0, 0.1) is 5.92 Å². The van der Waals surface area contributed by atoms with Crippen LogP contribution in [-0.4, -0.2) is 5.11 Å². The molecule has 1 aliphatic carbocycles. The molecule has 1 nitrogen and oxygen atoms in total. The van der Waals surface area contributed by atoms with Crippen LogP contribution < -0.4 is 0 Å². The molecule has 1 aromatic rings. The van der Waals surface area contributed by atoms with Gasteiger partial charge in [-0.1, -0.05) is 13.3 Å². The molecule has 0 spiro atoms. The van der Waals surface area contributed by atoms with Crippen LogP contribution in [0.2, 0.25) is 0 Å². The molecule has 0 aromatic carbocycles. The minimum atomic E-state index is -0.556. The molecule has 1 aromatic heterocycles. The van der Waals surface area contributed by atoms with Crippen molar-refractivity contribution < 1.29 is 5.11 Å². The topological polar surface area (TPSA) is 20.2 Å². The largest absolute Gasteiger partial charge is 0.385 e. The van der Waals surface area contributed by atoms with Crippen molar-refractivity contribution in [1.82, 2.24) is 0 Å². The Labute approximate surface area is 97.3 Å². The molecule has 0 saturated heterocycles. The molecule has 1 saturated carbocycles. The standard InChI is InChI=1S/C11H15BrOS/c1-2-8-3-4-11(13,5-8)9-6-14-7-10(9)12/h6-8,13H,2-5H2,1H3. The highest BCUT2D eigenvalue weighted by molar-refractivity contribution is 9.10. The maximum atomic E-state index is 10.5. The molecular formula is C11H15BrOS. The number of aliphatic hydroxyl groups is 1. The smallest absolute Gasteiger partial charge is 0.0918 e. The Balaban J connectivity index is 2.22. The third-order valence-corrected chi connectivity index (χ3v) is 4.99. The fourth-order valence-corrected chi connectivity index (χ4v) is 4.09. The van der Waals surface area contributed by atoms with Gasteiger partial charge < -0.3 is 5.11 Å². The van der Waals surface area contributed by atoms with Gasteiger partial charge in [0, 0.05) is 15.4 Å². The van der Waals surface area contributed by atoms with Crippen LogP contribution in [0.25, 0.3) is 0 Å². The summed E-state index contributed by atoms with van der Waals surface area (Å²) < 4.78 is 1.07. The normalized spacial score (nSPS) is 32.4. The Hall–Kier alpha value is 0.140. The lowest BCUT2D eigenvalue weighted by atomic mass is 9.93. The zero-order valence-corrected chi connectivity index (χ0v) is 10.7. The molecular weight excluding hydrogens is 260 g/mol. The van der Waals surface area contributed by atoms with E-state index in [-0.39, 0.29) is 0 Å². The first-order valence-electron chi connectivity index (χ1n) is 5.10. The first-order valence-corrected chi connectivity index (χ1v) is 6.84. The highest BCUT2D eigenvalue weighted by Gasteiger charge is 2.39. The zero-order valence-electron chi connectivity index (χ0n) is 8.29. The summed E-state index contributed by atoms with van der Waals surface area (Å²) in [6.07, 6.45) is 4.19. The van der Waals surface area contributed by atoms with Crippen LogP contribution in [0.15, 0.2) is 15.2 Å². The van der Waals surface area contributed by atoms with Crippen LogP contribution in [0.1, 0.15) is 38.2 Å². The first kappa shape index (κ1) is 10.7. The van der Waals surface area contributed by atoms with Crippen molar-refractivity contribution in [2.24, 2.45) is 5.92 Å². The molecule has 14 heavy (non-hydrogen) atoms. The van der Waals surface area contributed by atoms with Crippen LogP contribution in [0.5, 0.6) is 0 Å². The van der Waals surface area contributed by atoms with Crippen molar-refractivity contribution in [2.75, 3.05) is 0 Å². The molecule has 3 heteroatoms. The Morgan fingerprint density at radius 2 is 2.43 bits per heavy atom. The molecule has 2 atom stereocenters. The van der Waals surface area contributed by atoms with Gasteiger partial charge in [0.1, 0.15) is 0 Å². The average molecular weight is 275 g/mol. The van der Waals surface area contributed by atoms with Crippen molar-refractivity contribution in [3.05, 3.63) is 20.8 Å². The summed E-state index contributed by atoms with van der Waals surface area (Å²) in [5.41, 5.74) is 0.540. The quantitative estimate of drug-likeness (QED) is 0.867. The van der Waals surface area contributed by atoms with Crippen LogP contribution in [0.3, 0.4) is 0 Å². The second-order valence-electron chi connectivity index (χ2n) is 4.18. The number of thiophene rings is 1.